The molecule has 0 spiro atoms. The molecule has 1 aliphatic heterocycles. The fourth-order valence-corrected chi connectivity index (χ4v) is 2.78. The summed E-state index contributed by atoms with van der Waals surface area (Å²) >= 11 is 0. The molecular formula is C15H20N4O2. The predicted octanol–water partition coefficient (Wildman–Crippen LogP) is 1.26. The number of likely N-dealkylation sites (tertiary alicyclic amines) is 1. The molecule has 6 heteroatoms. The van der Waals surface area contributed by atoms with E-state index in [1.54, 1.807) is 22.0 Å². The minimum atomic E-state index is -0.484. The molecule has 1 amide bonds. The molecule has 1 atom stereocenters. The van der Waals surface area contributed by atoms with Gasteiger partial charge in [0.25, 0.3) is 5.91 Å². The van der Waals surface area contributed by atoms with Gasteiger partial charge in [-0.2, -0.15) is 5.10 Å². The van der Waals surface area contributed by atoms with E-state index in [2.05, 4.69) is 10.1 Å². The summed E-state index contributed by atoms with van der Waals surface area (Å²) < 4.78 is 1.71. The zero-order valence-corrected chi connectivity index (χ0v) is 12.5. The van der Waals surface area contributed by atoms with E-state index < -0.39 is 6.10 Å². The van der Waals surface area contributed by atoms with E-state index in [4.69, 9.17) is 0 Å². The Balaban J connectivity index is 1.89. The number of aromatic amines is 1. The number of β-amino-alcohol motifs (C(OH)–C–C–N with tert-alkyl or cyclic N) is 1. The zero-order chi connectivity index (χ0) is 15.2. The molecule has 21 heavy (non-hydrogen) atoms. The molecule has 1 fully saturated rings. The smallest absolute Gasteiger partial charge is 0.256 e. The SMILES string of the molecule is Cn1cc(-c2c[nH]cc2C(=O)N2CC(O)C(C)(C)C2)cn1. The first-order chi connectivity index (χ1) is 9.88. The van der Waals surface area contributed by atoms with E-state index in [0.29, 0.717) is 18.7 Å². The van der Waals surface area contributed by atoms with Gasteiger partial charge in [-0.05, 0) is 0 Å². The van der Waals surface area contributed by atoms with Crippen molar-refractivity contribution in [2.45, 2.75) is 20.0 Å². The molecule has 0 aromatic carbocycles. The predicted molar refractivity (Wildman–Crippen MR) is 78.7 cm³/mol. The van der Waals surface area contributed by atoms with Crippen LogP contribution in [0.15, 0.2) is 24.8 Å². The summed E-state index contributed by atoms with van der Waals surface area (Å²) in [5.74, 6) is -0.0558. The summed E-state index contributed by atoms with van der Waals surface area (Å²) in [6.07, 6.45) is 6.65. The fourth-order valence-electron chi connectivity index (χ4n) is 2.78. The third-order valence-electron chi connectivity index (χ3n) is 4.17. The number of H-pyrrole nitrogens is 1. The first-order valence-electron chi connectivity index (χ1n) is 7.01. The van der Waals surface area contributed by atoms with Gasteiger partial charge in [-0.1, -0.05) is 13.8 Å². The Morgan fingerprint density at radius 2 is 2.24 bits per heavy atom. The molecule has 2 N–H and O–H groups in total. The largest absolute Gasteiger partial charge is 0.391 e. The number of amides is 1. The van der Waals surface area contributed by atoms with Crippen LogP contribution >= 0.6 is 0 Å². The molecule has 2 aromatic rings. The van der Waals surface area contributed by atoms with Crippen molar-refractivity contribution in [3.05, 3.63) is 30.4 Å². The van der Waals surface area contributed by atoms with E-state index in [1.165, 1.54) is 0 Å². The van der Waals surface area contributed by atoms with Gasteiger partial charge in [0.05, 0.1) is 17.9 Å². The number of hydrogen-bond acceptors (Lipinski definition) is 3. The molecule has 3 rings (SSSR count). The monoisotopic (exact) mass is 288 g/mol. The van der Waals surface area contributed by atoms with Crippen LogP contribution in [0.4, 0.5) is 0 Å². The van der Waals surface area contributed by atoms with Crippen LogP contribution in [0.1, 0.15) is 24.2 Å². The van der Waals surface area contributed by atoms with E-state index in [0.717, 1.165) is 11.1 Å². The van der Waals surface area contributed by atoms with Crippen LogP contribution in [0.2, 0.25) is 0 Å². The third kappa shape index (κ3) is 2.35. The van der Waals surface area contributed by atoms with Gasteiger partial charge in [0.1, 0.15) is 0 Å². The molecule has 1 aliphatic rings. The summed E-state index contributed by atoms with van der Waals surface area (Å²) in [5, 5.41) is 14.2. The van der Waals surface area contributed by atoms with Gasteiger partial charge in [0.2, 0.25) is 0 Å². The summed E-state index contributed by atoms with van der Waals surface area (Å²) in [4.78, 5) is 17.4. The number of rotatable bonds is 2. The van der Waals surface area contributed by atoms with E-state index in [-0.39, 0.29) is 11.3 Å². The highest BCUT2D eigenvalue weighted by molar-refractivity contribution is 6.00. The number of hydrogen-bond donors (Lipinski definition) is 2. The zero-order valence-electron chi connectivity index (χ0n) is 12.5. The molecule has 0 aliphatic carbocycles. The number of carbonyl (C=O) groups is 1. The van der Waals surface area contributed by atoms with Crippen LogP contribution in [-0.4, -0.2) is 49.9 Å². The van der Waals surface area contributed by atoms with Gasteiger partial charge < -0.3 is 15.0 Å². The lowest BCUT2D eigenvalue weighted by atomic mass is 9.90. The number of aromatic nitrogens is 3. The van der Waals surface area contributed by atoms with Crippen molar-refractivity contribution in [3.8, 4) is 11.1 Å². The van der Waals surface area contributed by atoms with Crippen LogP contribution in [-0.2, 0) is 7.05 Å². The minimum absolute atomic E-state index is 0.0558. The van der Waals surface area contributed by atoms with Gasteiger partial charge in [-0.15, -0.1) is 0 Å². The molecule has 0 bridgehead atoms. The van der Waals surface area contributed by atoms with Crippen molar-refractivity contribution in [1.29, 1.82) is 0 Å². The van der Waals surface area contributed by atoms with Crippen LogP contribution in [0.5, 0.6) is 0 Å². The summed E-state index contributed by atoms with van der Waals surface area (Å²) in [5.41, 5.74) is 2.10. The highest BCUT2D eigenvalue weighted by Crippen LogP contribution is 2.32. The van der Waals surface area contributed by atoms with Gasteiger partial charge >= 0.3 is 0 Å². The molecular weight excluding hydrogens is 268 g/mol. The topological polar surface area (TPSA) is 74.2 Å². The molecule has 112 valence electrons. The maximum Gasteiger partial charge on any atom is 0.256 e. The average molecular weight is 288 g/mol. The lowest BCUT2D eigenvalue weighted by Gasteiger charge is -2.21. The van der Waals surface area contributed by atoms with Crippen molar-refractivity contribution in [1.82, 2.24) is 19.7 Å². The molecule has 1 saturated heterocycles. The van der Waals surface area contributed by atoms with E-state index in [9.17, 15) is 9.90 Å². The maximum atomic E-state index is 12.7. The van der Waals surface area contributed by atoms with Crippen molar-refractivity contribution in [2.24, 2.45) is 12.5 Å². The highest BCUT2D eigenvalue weighted by atomic mass is 16.3. The van der Waals surface area contributed by atoms with E-state index in [1.807, 2.05) is 33.3 Å². The lowest BCUT2D eigenvalue weighted by Crippen LogP contribution is -2.30. The Labute approximate surface area is 123 Å². The molecule has 6 nitrogen and oxygen atoms in total. The van der Waals surface area contributed by atoms with Gasteiger partial charge in [0, 0.05) is 55.3 Å². The molecule has 2 aromatic heterocycles. The van der Waals surface area contributed by atoms with Crippen LogP contribution < -0.4 is 0 Å². The second-order valence-electron chi connectivity index (χ2n) is 6.38. The van der Waals surface area contributed by atoms with Gasteiger partial charge in [-0.3, -0.25) is 9.48 Å². The standard InChI is InChI=1S/C15H20N4O2/c1-15(2)9-19(8-13(15)20)14(21)12-6-16-5-11(12)10-4-17-18(3)7-10/h4-7,13,16,20H,8-9H2,1-3H3. The quantitative estimate of drug-likeness (QED) is 0.873. The molecule has 0 saturated carbocycles. The van der Waals surface area contributed by atoms with Crippen molar-refractivity contribution >= 4 is 5.91 Å². The van der Waals surface area contributed by atoms with Crippen molar-refractivity contribution < 1.29 is 9.90 Å². The van der Waals surface area contributed by atoms with Crippen LogP contribution in [0, 0.1) is 5.41 Å². The van der Waals surface area contributed by atoms with Crippen LogP contribution in [0.3, 0.4) is 0 Å². The van der Waals surface area contributed by atoms with Crippen LogP contribution in [0.25, 0.3) is 11.1 Å². The fraction of sp³-hybridized carbons (Fsp3) is 0.467. The van der Waals surface area contributed by atoms with Gasteiger partial charge in [-0.25, -0.2) is 0 Å². The number of nitrogens with one attached hydrogen (secondary N) is 1. The number of aryl methyl sites for hydroxylation is 1. The Morgan fingerprint density at radius 3 is 2.81 bits per heavy atom. The first-order valence-corrected chi connectivity index (χ1v) is 7.01. The lowest BCUT2D eigenvalue weighted by molar-refractivity contribution is 0.0763. The second kappa shape index (κ2) is 4.73. The maximum absolute atomic E-state index is 12.7. The Hall–Kier alpha value is -2.08. The summed E-state index contributed by atoms with van der Waals surface area (Å²) in [6, 6.07) is 0. The molecule has 0 radical (unpaired) electrons. The van der Waals surface area contributed by atoms with Crippen molar-refractivity contribution in [2.75, 3.05) is 13.1 Å². The normalized spacial score (nSPS) is 21.0. The Kier molecular flexibility index (Phi) is 3.13. The average Bonchev–Trinajstić information content (AvgIpc) is 3.09. The van der Waals surface area contributed by atoms with E-state index >= 15 is 0 Å². The molecule has 3 heterocycles. The summed E-state index contributed by atoms with van der Waals surface area (Å²) in [7, 11) is 1.84. The number of nitrogens with zero attached hydrogens (tertiary/aromatic N) is 3. The number of aliphatic hydroxyl groups is 1. The Morgan fingerprint density at radius 1 is 1.48 bits per heavy atom. The summed E-state index contributed by atoms with van der Waals surface area (Å²) in [6.45, 7) is 4.89. The Bertz CT molecular complexity index is 671. The first kappa shape index (κ1) is 13.9. The van der Waals surface area contributed by atoms with Crippen molar-refractivity contribution in [3.63, 3.8) is 0 Å². The highest BCUT2D eigenvalue weighted by Gasteiger charge is 2.40. The number of aliphatic hydroxyl groups excluding tert-OH is 1. The van der Waals surface area contributed by atoms with Gasteiger partial charge in [0.15, 0.2) is 0 Å². The molecule has 1 unspecified atom stereocenters. The third-order valence-corrected chi connectivity index (χ3v) is 4.17. The second-order valence-corrected chi connectivity index (χ2v) is 6.38. The minimum Gasteiger partial charge on any atom is -0.391 e. The number of carbonyl (C=O) groups excluding carboxylic acids is 1.